The summed E-state index contributed by atoms with van der Waals surface area (Å²) in [7, 11) is 0. The van der Waals surface area contributed by atoms with E-state index in [1.54, 1.807) is 0 Å². The Kier molecular flexibility index (Phi) is 2.64. The van der Waals surface area contributed by atoms with E-state index in [1.807, 2.05) is 11.8 Å². The van der Waals surface area contributed by atoms with Gasteiger partial charge in [-0.05, 0) is 18.9 Å². The largest absolute Gasteiger partial charge is 0.343 e. The highest BCUT2D eigenvalue weighted by Gasteiger charge is 2.30. The fourth-order valence-electron chi connectivity index (χ4n) is 2.34. The molecule has 0 radical (unpaired) electrons. The third-order valence-corrected chi connectivity index (χ3v) is 4.37. The first-order chi connectivity index (χ1) is 7.84. The maximum Gasteiger partial charge on any atom is 0.159 e. The van der Waals surface area contributed by atoms with E-state index in [-0.39, 0.29) is 0 Å². The number of fused-ring (bicyclic) bond motifs is 1. The molecule has 2 aliphatic rings. The summed E-state index contributed by atoms with van der Waals surface area (Å²) in [6.45, 7) is 4.24. The summed E-state index contributed by atoms with van der Waals surface area (Å²) >= 11 is 1.91. The Balaban J connectivity index is 1.84. The first-order valence-electron chi connectivity index (χ1n) is 5.85. The molecule has 0 spiro atoms. The lowest BCUT2D eigenvalue weighted by atomic mass is 10.0. The summed E-state index contributed by atoms with van der Waals surface area (Å²) in [6.07, 6.45) is 1.28. The van der Waals surface area contributed by atoms with Crippen molar-refractivity contribution >= 4 is 16.9 Å². The molecule has 3 rings (SSSR count). The predicted octanol–water partition coefficient (Wildman–Crippen LogP) is 2.84. The van der Waals surface area contributed by atoms with E-state index in [2.05, 4.69) is 41.1 Å². The number of rotatable bonds is 1. The van der Waals surface area contributed by atoms with E-state index >= 15 is 0 Å². The molecule has 0 saturated carbocycles. The van der Waals surface area contributed by atoms with Gasteiger partial charge in [0, 0.05) is 12.3 Å². The van der Waals surface area contributed by atoms with Crippen molar-refractivity contribution in [2.24, 2.45) is 4.99 Å². The highest BCUT2D eigenvalue weighted by atomic mass is 32.2. The van der Waals surface area contributed by atoms with Crippen LogP contribution in [0.2, 0.25) is 0 Å². The lowest BCUT2D eigenvalue weighted by molar-refractivity contribution is 0.352. The van der Waals surface area contributed by atoms with Gasteiger partial charge >= 0.3 is 0 Å². The number of nitrogens with zero attached hydrogens (tertiary/aromatic N) is 2. The van der Waals surface area contributed by atoms with Gasteiger partial charge in [0.25, 0.3) is 0 Å². The number of amidine groups is 1. The Labute approximate surface area is 101 Å². The molecule has 16 heavy (non-hydrogen) atoms. The van der Waals surface area contributed by atoms with Gasteiger partial charge in [0.05, 0.1) is 12.6 Å². The number of thioether (sulfide) groups is 1. The summed E-state index contributed by atoms with van der Waals surface area (Å²) in [6, 6.07) is 9.38. The van der Waals surface area contributed by atoms with Gasteiger partial charge in [-0.3, -0.25) is 4.99 Å². The predicted molar refractivity (Wildman–Crippen MR) is 70.0 cm³/mol. The number of hydrogen-bond acceptors (Lipinski definition) is 3. The molecular formula is C13H16N2S. The molecule has 0 aliphatic carbocycles. The van der Waals surface area contributed by atoms with E-state index in [9.17, 15) is 0 Å². The van der Waals surface area contributed by atoms with Gasteiger partial charge in [-0.25, -0.2) is 0 Å². The van der Waals surface area contributed by atoms with Crippen LogP contribution in [0, 0.1) is 6.92 Å². The van der Waals surface area contributed by atoms with Crippen LogP contribution in [0.1, 0.15) is 23.6 Å². The van der Waals surface area contributed by atoms with Gasteiger partial charge in [0.1, 0.15) is 0 Å². The van der Waals surface area contributed by atoms with Crippen molar-refractivity contribution in [3.8, 4) is 0 Å². The van der Waals surface area contributed by atoms with Crippen LogP contribution >= 0.6 is 11.8 Å². The maximum atomic E-state index is 4.64. The zero-order chi connectivity index (χ0) is 11.0. The highest BCUT2D eigenvalue weighted by Crippen LogP contribution is 2.33. The van der Waals surface area contributed by atoms with Crippen molar-refractivity contribution in [3.63, 3.8) is 0 Å². The third kappa shape index (κ3) is 1.73. The third-order valence-electron chi connectivity index (χ3n) is 3.26. The van der Waals surface area contributed by atoms with Crippen LogP contribution in [0.4, 0.5) is 0 Å². The minimum absolute atomic E-state index is 0.489. The number of benzene rings is 1. The van der Waals surface area contributed by atoms with Crippen LogP contribution in [0.3, 0.4) is 0 Å². The van der Waals surface area contributed by atoms with Gasteiger partial charge in [-0.15, -0.1) is 0 Å². The van der Waals surface area contributed by atoms with Crippen LogP contribution in [0.25, 0.3) is 0 Å². The summed E-state index contributed by atoms with van der Waals surface area (Å²) in [5.41, 5.74) is 2.74. The van der Waals surface area contributed by atoms with Crippen LogP contribution in [0.5, 0.6) is 0 Å². The average molecular weight is 232 g/mol. The molecule has 3 heteroatoms. The van der Waals surface area contributed by atoms with E-state index in [4.69, 9.17) is 0 Å². The van der Waals surface area contributed by atoms with Crippen molar-refractivity contribution in [1.82, 2.24) is 4.90 Å². The van der Waals surface area contributed by atoms with E-state index in [0.717, 1.165) is 6.54 Å². The first-order valence-corrected chi connectivity index (χ1v) is 6.83. The number of aryl methyl sites for hydroxylation is 1. The molecule has 1 saturated heterocycles. The zero-order valence-corrected chi connectivity index (χ0v) is 10.3. The Morgan fingerprint density at radius 2 is 2.12 bits per heavy atom. The van der Waals surface area contributed by atoms with Crippen molar-refractivity contribution < 1.29 is 0 Å². The second-order valence-corrected chi connectivity index (χ2v) is 5.51. The first kappa shape index (κ1) is 10.2. The quantitative estimate of drug-likeness (QED) is 0.740. The van der Waals surface area contributed by atoms with Crippen molar-refractivity contribution in [3.05, 3.63) is 35.4 Å². The van der Waals surface area contributed by atoms with Gasteiger partial charge < -0.3 is 4.90 Å². The molecule has 1 fully saturated rings. The van der Waals surface area contributed by atoms with Crippen LogP contribution in [-0.2, 0) is 0 Å². The smallest absolute Gasteiger partial charge is 0.159 e. The Hall–Kier alpha value is -0.960. The van der Waals surface area contributed by atoms with Crippen LogP contribution in [0.15, 0.2) is 29.3 Å². The lowest BCUT2D eigenvalue weighted by Gasteiger charge is -2.31. The van der Waals surface area contributed by atoms with Crippen molar-refractivity contribution in [2.75, 3.05) is 18.8 Å². The number of aliphatic imine (C=N–C) groups is 1. The molecule has 0 N–H and O–H groups in total. The van der Waals surface area contributed by atoms with Gasteiger partial charge in [0.2, 0.25) is 0 Å². The highest BCUT2D eigenvalue weighted by molar-refractivity contribution is 8.13. The molecule has 1 unspecified atom stereocenters. The molecule has 0 aromatic heterocycles. The van der Waals surface area contributed by atoms with Crippen molar-refractivity contribution in [1.29, 1.82) is 0 Å². The Morgan fingerprint density at radius 1 is 1.31 bits per heavy atom. The standard InChI is InChI=1S/C13H16N2S/c1-10-3-5-11(6-4-10)12-9-14-13-15(12)7-2-8-16-13/h3-6,12H,2,7-9H2,1H3. The topological polar surface area (TPSA) is 15.6 Å². The fourth-order valence-corrected chi connectivity index (χ4v) is 3.35. The van der Waals surface area contributed by atoms with E-state index in [1.165, 1.54) is 35.0 Å². The molecule has 2 heterocycles. The minimum atomic E-state index is 0.489. The molecule has 0 amide bonds. The maximum absolute atomic E-state index is 4.64. The summed E-state index contributed by atoms with van der Waals surface area (Å²) in [4.78, 5) is 7.11. The lowest BCUT2D eigenvalue weighted by Crippen LogP contribution is -2.33. The molecule has 1 aromatic carbocycles. The second kappa shape index (κ2) is 4.13. The van der Waals surface area contributed by atoms with Gasteiger partial charge in [-0.2, -0.15) is 0 Å². The number of hydrogen-bond donors (Lipinski definition) is 0. The normalized spacial score (nSPS) is 24.2. The monoisotopic (exact) mass is 232 g/mol. The summed E-state index contributed by atoms with van der Waals surface area (Å²) < 4.78 is 0. The SMILES string of the molecule is Cc1ccc(C2CN=C3SCCCN32)cc1. The molecule has 2 nitrogen and oxygen atoms in total. The minimum Gasteiger partial charge on any atom is -0.343 e. The van der Waals surface area contributed by atoms with E-state index < -0.39 is 0 Å². The molecular weight excluding hydrogens is 216 g/mol. The van der Waals surface area contributed by atoms with Crippen LogP contribution in [-0.4, -0.2) is 28.9 Å². The summed E-state index contributed by atoms with van der Waals surface area (Å²) in [5.74, 6) is 1.23. The fraction of sp³-hybridized carbons (Fsp3) is 0.462. The Morgan fingerprint density at radius 3 is 2.94 bits per heavy atom. The molecule has 1 atom stereocenters. The molecule has 0 bridgehead atoms. The zero-order valence-electron chi connectivity index (χ0n) is 9.52. The van der Waals surface area contributed by atoms with Gasteiger partial charge in [-0.1, -0.05) is 41.6 Å². The van der Waals surface area contributed by atoms with E-state index in [0.29, 0.717) is 6.04 Å². The Bertz CT molecular complexity index is 410. The molecule has 2 aliphatic heterocycles. The van der Waals surface area contributed by atoms with Crippen molar-refractivity contribution in [2.45, 2.75) is 19.4 Å². The molecule has 1 aromatic rings. The molecule has 84 valence electrons. The van der Waals surface area contributed by atoms with Crippen LogP contribution < -0.4 is 0 Å². The van der Waals surface area contributed by atoms with Gasteiger partial charge in [0.15, 0.2) is 5.17 Å². The average Bonchev–Trinajstić information content (AvgIpc) is 2.74. The second-order valence-electron chi connectivity index (χ2n) is 4.45. The summed E-state index contributed by atoms with van der Waals surface area (Å²) in [5, 5.41) is 1.26.